The molecule has 0 aliphatic rings. The fourth-order valence-electron chi connectivity index (χ4n) is 23.7. The van der Waals surface area contributed by atoms with Gasteiger partial charge in [-0.2, -0.15) is 0 Å². The third kappa shape index (κ3) is 11.7. The van der Waals surface area contributed by atoms with Crippen LogP contribution in [0.15, 0.2) is 463 Å². The fraction of sp³-hybridized carbons (Fsp3) is 0. The molecule has 0 N–H and O–H groups in total. The third-order valence-electron chi connectivity index (χ3n) is 29.6. The molecule has 33 aromatic rings. The van der Waals surface area contributed by atoms with Gasteiger partial charge in [-0.05, 0) is 265 Å². The van der Waals surface area contributed by atoms with Crippen LogP contribution in [0, 0.1) is 0 Å². The molecule has 0 aliphatic heterocycles. The molecule has 0 saturated carbocycles. The monoisotopic (exact) mass is 1850 g/mol. The Kier molecular flexibility index (Phi) is 16.9. The average Bonchev–Trinajstić information content (AvgIpc) is 1.27. The van der Waals surface area contributed by atoms with Gasteiger partial charge in [-0.1, -0.05) is 303 Å². The van der Waals surface area contributed by atoms with Crippen LogP contribution in [-0.2, 0) is 0 Å². The molecule has 654 valence electrons. The zero-order chi connectivity index (χ0) is 91.9. The second kappa shape index (κ2) is 30.4. The fourth-order valence-corrected chi connectivity index (χ4v) is 27.1. The molecule has 24 aromatic carbocycles. The number of benzene rings is 24. The Morgan fingerprint density at radius 3 is 0.695 bits per heavy atom. The van der Waals surface area contributed by atoms with Gasteiger partial charge in [0.05, 0.1) is 0 Å². The first-order valence-corrected chi connectivity index (χ1v) is 50.2. The summed E-state index contributed by atoms with van der Waals surface area (Å²) >= 11 is 5.60. The van der Waals surface area contributed by atoms with Crippen molar-refractivity contribution < 1.29 is 26.5 Å². The first kappa shape index (κ1) is 78.5. The number of rotatable bonds is 6. The molecular weight excluding hydrogens is 1780 g/mol. The van der Waals surface area contributed by atoms with Crippen LogP contribution in [0.3, 0.4) is 0 Å². The van der Waals surface area contributed by atoms with Gasteiger partial charge in [0.25, 0.3) is 0 Å². The van der Waals surface area contributed by atoms with Gasteiger partial charge in [-0.3, -0.25) is 0 Å². The van der Waals surface area contributed by atoms with Gasteiger partial charge in [0.15, 0.2) is 0 Å². The molecule has 9 aromatic heterocycles. The Balaban J connectivity index is 0.0000000972. The highest BCUT2D eigenvalue weighted by molar-refractivity contribution is 7.26. The highest BCUT2D eigenvalue weighted by Crippen LogP contribution is 2.55. The van der Waals surface area contributed by atoms with Crippen molar-refractivity contribution in [2.45, 2.75) is 0 Å². The molecule has 0 amide bonds. The Bertz CT molecular complexity index is 11100. The quantitative estimate of drug-likeness (QED) is 0.154. The Morgan fingerprint density at radius 2 is 0.333 bits per heavy atom. The maximum atomic E-state index is 6.45. The summed E-state index contributed by atoms with van der Waals surface area (Å²) in [6, 6.07) is 157. The number of thiophene rings is 3. The van der Waals surface area contributed by atoms with Crippen molar-refractivity contribution in [3.63, 3.8) is 0 Å². The molecule has 0 spiro atoms. The summed E-state index contributed by atoms with van der Waals surface area (Å²) in [5.74, 6) is 0. The largest absolute Gasteiger partial charge is 0.456 e. The molecule has 0 bridgehead atoms. The van der Waals surface area contributed by atoms with Crippen molar-refractivity contribution in [2.75, 3.05) is 0 Å². The van der Waals surface area contributed by atoms with Crippen LogP contribution in [0.4, 0.5) is 0 Å². The SMILES string of the molecule is c1ccc2c(c1)oc1ccc3oc4ccc(-c5c6ccccc6c(-c6ccc7c(c6)sc6ccccc67)c6ccccc56)cc4c3c12.c1ccc2c(c1)oc1ccc3oc4ccc(-c5c6ccccc6c(-c6ccc7sc8ccccc8c7c6)c6ccccc56)cc4c3c12.c1ccc2c(c1)oc1ccc3oc4ccc(-c5c6ccccc6c(-c6cccc7sc8ccccc8c67)c6ccccc56)cc4c3c12. The average molecular weight is 1850 g/mol. The van der Waals surface area contributed by atoms with Crippen molar-refractivity contribution in [1.29, 1.82) is 0 Å². The maximum absolute atomic E-state index is 6.45. The van der Waals surface area contributed by atoms with E-state index in [1.54, 1.807) is 0 Å². The Morgan fingerprint density at radius 1 is 0.113 bits per heavy atom. The molecule has 141 heavy (non-hydrogen) atoms. The van der Waals surface area contributed by atoms with E-state index in [-0.39, 0.29) is 0 Å². The molecule has 9 heterocycles. The minimum atomic E-state index is 0.873. The van der Waals surface area contributed by atoms with E-state index in [2.05, 4.69) is 364 Å². The van der Waals surface area contributed by atoms with E-state index < -0.39 is 0 Å². The van der Waals surface area contributed by atoms with Gasteiger partial charge in [0, 0.05) is 125 Å². The lowest BCUT2D eigenvalue weighted by atomic mass is 9.84. The third-order valence-corrected chi connectivity index (χ3v) is 33.0. The van der Waals surface area contributed by atoms with Gasteiger partial charge in [-0.15, -0.1) is 34.0 Å². The summed E-state index contributed by atoms with van der Waals surface area (Å²) in [4.78, 5) is 0. The van der Waals surface area contributed by atoms with Gasteiger partial charge in [0.1, 0.15) is 67.0 Å². The van der Waals surface area contributed by atoms with Crippen molar-refractivity contribution in [3.8, 4) is 66.8 Å². The molecule has 0 atom stereocenters. The molecule has 0 fully saturated rings. The molecule has 6 nitrogen and oxygen atoms in total. The summed E-state index contributed by atoms with van der Waals surface area (Å²) in [5, 5.41) is 36.1. The van der Waals surface area contributed by atoms with Gasteiger partial charge >= 0.3 is 0 Å². The molecule has 0 saturated heterocycles. The van der Waals surface area contributed by atoms with E-state index in [1.807, 2.05) is 107 Å². The van der Waals surface area contributed by atoms with E-state index in [0.717, 1.165) is 132 Å². The van der Waals surface area contributed by atoms with Crippen LogP contribution >= 0.6 is 34.0 Å². The first-order chi connectivity index (χ1) is 69.9. The topological polar surface area (TPSA) is 78.8 Å². The van der Waals surface area contributed by atoms with Crippen molar-refractivity contribution in [1.82, 2.24) is 0 Å². The molecule has 9 heteroatoms. The van der Waals surface area contributed by atoms with Crippen LogP contribution in [-0.4, -0.2) is 0 Å². The zero-order valence-corrected chi connectivity index (χ0v) is 77.7. The molecule has 33 rings (SSSR count). The summed E-state index contributed by atoms with van der Waals surface area (Å²) in [5.41, 5.74) is 25.4. The Hall–Kier alpha value is -17.7. The highest BCUT2D eigenvalue weighted by Gasteiger charge is 2.28. The molecule has 0 unspecified atom stereocenters. The summed E-state index contributed by atoms with van der Waals surface area (Å²) in [7, 11) is 0. The molecule has 0 radical (unpaired) electrons. The predicted molar refractivity (Wildman–Crippen MR) is 599 cm³/mol. The second-order valence-corrected chi connectivity index (χ2v) is 40.3. The summed E-state index contributed by atoms with van der Waals surface area (Å²) in [6.45, 7) is 0. The van der Waals surface area contributed by atoms with Crippen LogP contribution < -0.4 is 0 Å². The van der Waals surface area contributed by atoms with Crippen LogP contribution in [0.2, 0.25) is 0 Å². The predicted octanol–water partition coefficient (Wildman–Crippen LogP) is 40.5. The van der Waals surface area contributed by atoms with E-state index in [0.29, 0.717) is 0 Å². The molecular formula is C132H72O6S3. The van der Waals surface area contributed by atoms with Crippen LogP contribution in [0.1, 0.15) is 0 Å². The normalized spacial score (nSPS) is 12.3. The van der Waals surface area contributed by atoms with Crippen molar-refractivity contribution >= 4 is 291 Å². The zero-order valence-electron chi connectivity index (χ0n) is 75.2. The van der Waals surface area contributed by atoms with Gasteiger partial charge < -0.3 is 26.5 Å². The lowest BCUT2D eigenvalue weighted by molar-refractivity contribution is 0.663. The highest BCUT2D eigenvalue weighted by atomic mass is 32.1. The smallest absolute Gasteiger partial charge is 0.136 e. The van der Waals surface area contributed by atoms with Crippen molar-refractivity contribution in [2.24, 2.45) is 0 Å². The van der Waals surface area contributed by atoms with E-state index in [9.17, 15) is 0 Å². The van der Waals surface area contributed by atoms with E-state index in [4.69, 9.17) is 26.5 Å². The Labute approximate surface area is 814 Å². The number of para-hydroxylation sites is 3. The number of hydrogen-bond donors (Lipinski definition) is 0. The lowest BCUT2D eigenvalue weighted by Gasteiger charge is -2.18. The van der Waals surface area contributed by atoms with Crippen molar-refractivity contribution in [3.05, 3.63) is 437 Å². The molecule has 0 aliphatic carbocycles. The number of hydrogen-bond acceptors (Lipinski definition) is 9. The minimum absolute atomic E-state index is 0.873. The van der Waals surface area contributed by atoms with E-state index >= 15 is 0 Å². The first-order valence-electron chi connectivity index (χ1n) is 47.8. The summed E-state index contributed by atoms with van der Waals surface area (Å²) < 4.78 is 46.1. The number of furan rings is 6. The van der Waals surface area contributed by atoms with Crippen LogP contribution in [0.5, 0.6) is 0 Å². The summed E-state index contributed by atoms with van der Waals surface area (Å²) in [6.07, 6.45) is 0. The standard InChI is InChI=1S/3C44H24O2S/c1-3-12-28-26(10-1)40(25-20-21-35-33(24-25)44-37(46-35)23-22-36-43(44)30-14-5-7-17-34(30)45-36)27-11-2-4-13-29(27)41(28)32-16-9-19-39-42(32)31-15-6-8-18-38(31)47-39;1-3-12-30-28(10-1)41(25-17-19-36-34(24-25)44-38(46-36)21-20-37-43(44)32-14-5-7-15-35(32)45-37)29-11-2-4-13-31(29)42(30)26-18-22-40-33(23-26)27-9-6-8-16-39(27)47-40;1-3-12-31-29(10-1)41(25-18-20-36-34(23-25)44-38(46-36)22-21-37-43(44)33-14-5-7-15-35(33)45-37)30-11-2-4-13-32(30)42(31)26-17-19-28-27-9-6-8-16-39(27)47-40(28)24-26/h3*1-24H. The van der Waals surface area contributed by atoms with Gasteiger partial charge in [-0.25, -0.2) is 0 Å². The van der Waals surface area contributed by atoms with Crippen LogP contribution in [0.25, 0.3) is 324 Å². The van der Waals surface area contributed by atoms with E-state index in [1.165, 1.54) is 192 Å². The number of fused-ring (bicyclic) bond motifs is 36. The van der Waals surface area contributed by atoms with Gasteiger partial charge in [0.2, 0.25) is 0 Å². The second-order valence-electron chi connectivity index (χ2n) is 37.1. The minimum Gasteiger partial charge on any atom is -0.456 e. The lowest BCUT2D eigenvalue weighted by Crippen LogP contribution is -1.91. The maximum Gasteiger partial charge on any atom is 0.136 e.